The lowest BCUT2D eigenvalue weighted by Crippen LogP contribution is -2.12. The van der Waals surface area contributed by atoms with Gasteiger partial charge in [0.05, 0.1) is 24.6 Å². The molecular weight excluding hydrogens is 268 g/mol. The summed E-state index contributed by atoms with van der Waals surface area (Å²) < 4.78 is 8.39. The molecule has 0 aliphatic carbocycles. The van der Waals surface area contributed by atoms with Crippen molar-refractivity contribution in [2.45, 2.75) is 13.0 Å². The predicted molar refractivity (Wildman–Crippen MR) is 64.6 cm³/mol. The van der Waals surface area contributed by atoms with E-state index in [9.17, 15) is 0 Å². The van der Waals surface area contributed by atoms with Crippen molar-refractivity contribution >= 4 is 15.9 Å². The fraction of sp³-hybridized carbons (Fsp3) is 0.250. The molecule has 2 heterocycles. The number of rotatable bonds is 1. The molecule has 0 atom stereocenters. The second-order valence-electron chi connectivity index (χ2n) is 3.77. The number of benzene rings is 1. The highest BCUT2D eigenvalue weighted by molar-refractivity contribution is 9.10. The summed E-state index contributed by atoms with van der Waals surface area (Å²) in [5.74, 6) is 0. The molecule has 0 amide bonds. The second-order valence-corrected chi connectivity index (χ2v) is 4.52. The zero-order valence-corrected chi connectivity index (χ0v) is 10.3. The highest BCUT2D eigenvalue weighted by Gasteiger charge is 2.20. The molecule has 3 nitrogen and oxygen atoms in total. The lowest BCUT2D eigenvalue weighted by molar-refractivity contribution is 0.106. The number of para-hydroxylation sites is 1. The lowest BCUT2D eigenvalue weighted by Gasteiger charge is -2.14. The van der Waals surface area contributed by atoms with Crippen molar-refractivity contribution in [1.82, 2.24) is 9.78 Å². The van der Waals surface area contributed by atoms with Crippen LogP contribution in [0.25, 0.3) is 5.69 Å². The number of hydrogen-bond acceptors (Lipinski definition) is 2. The van der Waals surface area contributed by atoms with Crippen LogP contribution in [-0.4, -0.2) is 16.4 Å². The van der Waals surface area contributed by atoms with Gasteiger partial charge in [-0.15, -0.1) is 0 Å². The monoisotopic (exact) mass is 278 g/mol. The van der Waals surface area contributed by atoms with E-state index in [1.807, 2.05) is 35.0 Å². The average molecular weight is 279 g/mol. The summed E-state index contributed by atoms with van der Waals surface area (Å²) in [6.45, 7) is 1.43. The van der Waals surface area contributed by atoms with Crippen LogP contribution in [0.4, 0.5) is 0 Å². The van der Waals surface area contributed by atoms with Gasteiger partial charge in [0.2, 0.25) is 0 Å². The van der Waals surface area contributed by atoms with E-state index < -0.39 is 0 Å². The van der Waals surface area contributed by atoms with E-state index in [-0.39, 0.29) is 0 Å². The zero-order valence-electron chi connectivity index (χ0n) is 8.69. The maximum Gasteiger partial charge on any atom is 0.132 e. The molecule has 82 valence electrons. The number of nitrogens with zero attached hydrogens (tertiary/aromatic N) is 2. The van der Waals surface area contributed by atoms with Crippen molar-refractivity contribution in [2.24, 2.45) is 0 Å². The number of hydrogen-bond donors (Lipinski definition) is 0. The Kier molecular flexibility index (Phi) is 2.53. The van der Waals surface area contributed by atoms with E-state index in [4.69, 9.17) is 4.74 Å². The van der Waals surface area contributed by atoms with E-state index in [2.05, 4.69) is 21.0 Å². The van der Waals surface area contributed by atoms with Crippen LogP contribution < -0.4 is 0 Å². The van der Waals surface area contributed by atoms with Crippen LogP contribution in [-0.2, 0) is 17.8 Å². The van der Waals surface area contributed by atoms with Crippen LogP contribution in [0.15, 0.2) is 34.9 Å². The van der Waals surface area contributed by atoms with Gasteiger partial charge in [0, 0.05) is 12.0 Å². The first-order valence-corrected chi connectivity index (χ1v) is 6.05. The van der Waals surface area contributed by atoms with Gasteiger partial charge in [-0.05, 0) is 28.1 Å². The molecule has 1 aromatic carbocycles. The summed E-state index contributed by atoms with van der Waals surface area (Å²) in [4.78, 5) is 0. The molecular formula is C12H11BrN2O. The minimum absolute atomic E-state index is 0.642. The van der Waals surface area contributed by atoms with E-state index >= 15 is 0 Å². The first-order chi connectivity index (χ1) is 7.86. The molecule has 0 unspecified atom stereocenters. The molecule has 3 rings (SSSR count). The maximum atomic E-state index is 5.49. The molecule has 0 bridgehead atoms. The Morgan fingerprint density at radius 3 is 2.88 bits per heavy atom. The van der Waals surface area contributed by atoms with E-state index in [1.165, 1.54) is 5.56 Å². The first kappa shape index (κ1) is 10.1. The normalized spacial score (nSPS) is 14.8. The third-order valence-electron chi connectivity index (χ3n) is 2.78. The van der Waals surface area contributed by atoms with E-state index in [0.29, 0.717) is 6.61 Å². The Morgan fingerprint density at radius 1 is 1.25 bits per heavy atom. The number of fused-ring (bicyclic) bond motifs is 1. The van der Waals surface area contributed by atoms with Gasteiger partial charge < -0.3 is 4.74 Å². The van der Waals surface area contributed by atoms with Crippen LogP contribution in [0.1, 0.15) is 11.3 Å². The molecule has 1 aliphatic heterocycles. The van der Waals surface area contributed by atoms with Crippen molar-refractivity contribution in [3.63, 3.8) is 0 Å². The SMILES string of the molecule is Brc1nn(-c2ccccc2)c2c1CCOC2. The van der Waals surface area contributed by atoms with Crippen molar-refractivity contribution in [2.75, 3.05) is 6.61 Å². The molecule has 16 heavy (non-hydrogen) atoms. The second kappa shape index (κ2) is 4.03. The molecule has 2 aromatic rings. The van der Waals surface area contributed by atoms with Gasteiger partial charge in [-0.2, -0.15) is 5.10 Å². The standard InChI is InChI=1S/C12H11BrN2O/c13-12-10-6-7-16-8-11(10)15(14-12)9-4-2-1-3-5-9/h1-5H,6-8H2. The minimum atomic E-state index is 0.642. The van der Waals surface area contributed by atoms with Crippen LogP contribution >= 0.6 is 15.9 Å². The Labute approximate surface area is 102 Å². The van der Waals surface area contributed by atoms with Gasteiger partial charge in [0.25, 0.3) is 0 Å². The van der Waals surface area contributed by atoms with Crippen molar-refractivity contribution in [1.29, 1.82) is 0 Å². The third-order valence-corrected chi connectivity index (χ3v) is 3.41. The summed E-state index contributed by atoms with van der Waals surface area (Å²) in [7, 11) is 0. The van der Waals surface area contributed by atoms with Crippen molar-refractivity contribution in [3.05, 3.63) is 46.2 Å². The van der Waals surface area contributed by atoms with Crippen LogP contribution in [0, 0.1) is 0 Å². The van der Waals surface area contributed by atoms with Crippen LogP contribution in [0.3, 0.4) is 0 Å². The summed E-state index contributed by atoms with van der Waals surface area (Å²) in [6.07, 6.45) is 0.933. The summed E-state index contributed by atoms with van der Waals surface area (Å²) in [5, 5.41) is 4.52. The average Bonchev–Trinajstić information content (AvgIpc) is 2.69. The molecule has 0 saturated carbocycles. The Morgan fingerprint density at radius 2 is 2.06 bits per heavy atom. The quantitative estimate of drug-likeness (QED) is 0.802. The van der Waals surface area contributed by atoms with E-state index in [1.54, 1.807) is 0 Å². The topological polar surface area (TPSA) is 27.1 Å². The number of ether oxygens (including phenoxy) is 1. The van der Waals surface area contributed by atoms with E-state index in [0.717, 1.165) is 29.0 Å². The van der Waals surface area contributed by atoms with Crippen LogP contribution in [0.2, 0.25) is 0 Å². The summed E-state index contributed by atoms with van der Waals surface area (Å²) in [6, 6.07) is 10.1. The molecule has 0 saturated heterocycles. The Balaban J connectivity index is 2.15. The van der Waals surface area contributed by atoms with Gasteiger partial charge in [-0.1, -0.05) is 18.2 Å². The minimum Gasteiger partial charge on any atom is -0.375 e. The molecule has 0 N–H and O–H groups in total. The fourth-order valence-electron chi connectivity index (χ4n) is 1.98. The molecule has 0 spiro atoms. The van der Waals surface area contributed by atoms with Crippen LogP contribution in [0.5, 0.6) is 0 Å². The number of halogens is 1. The zero-order chi connectivity index (χ0) is 11.0. The lowest BCUT2D eigenvalue weighted by atomic mass is 10.1. The molecule has 1 aliphatic rings. The molecule has 4 heteroatoms. The smallest absolute Gasteiger partial charge is 0.132 e. The van der Waals surface area contributed by atoms with Gasteiger partial charge in [0.15, 0.2) is 0 Å². The molecule has 0 fully saturated rings. The highest BCUT2D eigenvalue weighted by atomic mass is 79.9. The third kappa shape index (κ3) is 1.58. The van der Waals surface area contributed by atoms with Gasteiger partial charge >= 0.3 is 0 Å². The van der Waals surface area contributed by atoms with Crippen molar-refractivity contribution in [3.8, 4) is 5.69 Å². The predicted octanol–water partition coefficient (Wildman–Crippen LogP) is 2.71. The maximum absolute atomic E-state index is 5.49. The largest absolute Gasteiger partial charge is 0.375 e. The molecule has 1 aromatic heterocycles. The van der Waals surface area contributed by atoms with Crippen molar-refractivity contribution < 1.29 is 4.74 Å². The van der Waals surface area contributed by atoms with Gasteiger partial charge in [-0.3, -0.25) is 0 Å². The highest BCUT2D eigenvalue weighted by Crippen LogP contribution is 2.26. The molecule has 0 radical (unpaired) electrons. The summed E-state index contributed by atoms with van der Waals surface area (Å²) in [5.41, 5.74) is 3.51. The fourth-order valence-corrected chi connectivity index (χ4v) is 2.56. The number of aromatic nitrogens is 2. The van der Waals surface area contributed by atoms with Gasteiger partial charge in [-0.25, -0.2) is 4.68 Å². The first-order valence-electron chi connectivity index (χ1n) is 5.25. The van der Waals surface area contributed by atoms with Gasteiger partial charge in [0.1, 0.15) is 4.60 Å². The Hall–Kier alpha value is -1.13. The Bertz CT molecular complexity index is 507. The summed E-state index contributed by atoms with van der Waals surface area (Å²) >= 11 is 3.51.